The van der Waals surface area contributed by atoms with E-state index in [4.69, 9.17) is 26.0 Å². The van der Waals surface area contributed by atoms with Gasteiger partial charge in [-0.2, -0.15) is 0 Å². The summed E-state index contributed by atoms with van der Waals surface area (Å²) in [5, 5.41) is 23.8. The summed E-state index contributed by atoms with van der Waals surface area (Å²) in [6.07, 6.45) is 4.30. The minimum Gasteiger partial charge on any atom is -0.481 e. The van der Waals surface area contributed by atoms with Gasteiger partial charge in [-0.1, -0.05) is 35.9 Å². The molecule has 46 heavy (non-hydrogen) atoms. The summed E-state index contributed by atoms with van der Waals surface area (Å²) >= 11 is 6.42. The molecule has 3 aromatic heterocycles. The van der Waals surface area contributed by atoms with E-state index in [0.717, 1.165) is 56.5 Å². The van der Waals surface area contributed by atoms with Gasteiger partial charge in [-0.15, -0.1) is 0 Å². The number of aliphatic hydroxyl groups excluding tert-OH is 1. The van der Waals surface area contributed by atoms with E-state index in [9.17, 15) is 15.0 Å². The molecule has 0 amide bonds. The van der Waals surface area contributed by atoms with E-state index in [1.807, 2.05) is 36.5 Å². The van der Waals surface area contributed by atoms with Crippen molar-refractivity contribution in [1.82, 2.24) is 19.9 Å². The van der Waals surface area contributed by atoms with Crippen LogP contribution in [0.25, 0.3) is 44.6 Å². The minimum atomic E-state index is -0.727. The van der Waals surface area contributed by atoms with E-state index < -0.39 is 5.97 Å². The lowest BCUT2D eigenvalue weighted by atomic mass is 9.93. The molecule has 0 radical (unpaired) electrons. The van der Waals surface area contributed by atoms with Gasteiger partial charge in [-0.05, 0) is 96.6 Å². The number of likely N-dealkylation sites (tertiary alicyclic amines) is 1. The van der Waals surface area contributed by atoms with Crippen molar-refractivity contribution in [2.24, 2.45) is 5.92 Å². The van der Waals surface area contributed by atoms with Crippen LogP contribution in [0.3, 0.4) is 0 Å². The molecule has 0 saturated carbocycles. The Labute approximate surface area is 270 Å². The van der Waals surface area contributed by atoms with E-state index in [2.05, 4.69) is 47.2 Å². The van der Waals surface area contributed by atoms with Crippen molar-refractivity contribution in [3.63, 3.8) is 0 Å². The van der Waals surface area contributed by atoms with Crippen LogP contribution >= 0.6 is 11.6 Å². The van der Waals surface area contributed by atoms with Gasteiger partial charge in [-0.25, -0.2) is 9.97 Å². The number of nitrogens with one attached hydrogen (secondary N) is 1. The highest BCUT2D eigenvalue weighted by Crippen LogP contribution is 2.38. The lowest BCUT2D eigenvalue weighted by molar-refractivity contribution is -0.141. The Hall–Kier alpha value is -4.83. The first kappa shape index (κ1) is 29.9. The maximum atomic E-state index is 11.4. The molecule has 9 nitrogen and oxygen atoms in total. The van der Waals surface area contributed by atoms with Crippen molar-refractivity contribution in [3.8, 4) is 22.6 Å². The summed E-state index contributed by atoms with van der Waals surface area (Å²) in [6.45, 7) is 6.00. The van der Waals surface area contributed by atoms with Crippen LogP contribution in [0.15, 0.2) is 77.5 Å². The number of carboxylic acids is 1. The lowest BCUT2D eigenvalue weighted by Crippen LogP contribution is -2.22. The smallest absolute Gasteiger partial charge is 0.307 e. The first-order chi connectivity index (χ1) is 22.3. The van der Waals surface area contributed by atoms with E-state index in [1.165, 1.54) is 0 Å². The molecule has 1 fully saturated rings. The first-order valence-corrected chi connectivity index (χ1v) is 15.5. The van der Waals surface area contributed by atoms with Gasteiger partial charge in [0, 0.05) is 42.1 Å². The van der Waals surface area contributed by atoms with Gasteiger partial charge >= 0.3 is 5.97 Å². The predicted octanol–water partition coefficient (Wildman–Crippen LogP) is 7.52. The molecule has 0 bridgehead atoms. The van der Waals surface area contributed by atoms with E-state index in [0.29, 0.717) is 52.9 Å². The number of aliphatic carboxylic acids is 1. The van der Waals surface area contributed by atoms with Crippen LogP contribution in [0, 0.1) is 19.8 Å². The molecule has 4 heterocycles. The summed E-state index contributed by atoms with van der Waals surface area (Å²) in [5.41, 5.74) is 9.51. The number of pyridine rings is 2. The van der Waals surface area contributed by atoms with Crippen LogP contribution < -0.4 is 5.32 Å². The van der Waals surface area contributed by atoms with E-state index >= 15 is 0 Å². The van der Waals surface area contributed by atoms with Crippen LogP contribution in [0.1, 0.15) is 28.7 Å². The number of fused-ring (bicyclic) bond motifs is 2. The van der Waals surface area contributed by atoms with Gasteiger partial charge in [0.05, 0.1) is 17.5 Å². The van der Waals surface area contributed by atoms with E-state index in [-0.39, 0.29) is 12.5 Å². The number of carboxylic acid groups (broad SMARTS) is 1. The van der Waals surface area contributed by atoms with Crippen molar-refractivity contribution < 1.29 is 19.4 Å². The normalized spacial score (nSPS) is 15.2. The zero-order chi connectivity index (χ0) is 31.9. The van der Waals surface area contributed by atoms with Gasteiger partial charge < -0.3 is 19.9 Å². The average molecular weight is 634 g/mol. The fraction of sp³-hybridized carbons (Fsp3) is 0.222. The monoisotopic (exact) mass is 633 g/mol. The number of anilines is 2. The first-order valence-electron chi connectivity index (χ1n) is 15.1. The fourth-order valence-corrected chi connectivity index (χ4v) is 6.60. The number of rotatable bonds is 8. The molecule has 1 aliphatic heterocycles. The molecule has 7 rings (SSSR count). The topological polar surface area (TPSA) is 125 Å². The quantitative estimate of drug-likeness (QED) is 0.156. The molecule has 1 saturated heterocycles. The number of benzene rings is 3. The van der Waals surface area contributed by atoms with Crippen molar-refractivity contribution in [3.05, 3.63) is 100 Å². The third-order valence-electron chi connectivity index (χ3n) is 8.81. The van der Waals surface area contributed by atoms with Gasteiger partial charge in [0.15, 0.2) is 11.4 Å². The Balaban J connectivity index is 1.17. The average Bonchev–Trinajstić information content (AvgIpc) is 3.70. The van der Waals surface area contributed by atoms with Gasteiger partial charge in [0.25, 0.3) is 0 Å². The van der Waals surface area contributed by atoms with Crippen molar-refractivity contribution in [2.75, 3.05) is 18.4 Å². The molecular formula is C36H32ClN5O4. The second-order valence-electron chi connectivity index (χ2n) is 11.8. The zero-order valence-corrected chi connectivity index (χ0v) is 26.2. The SMILES string of the molecule is Cc1c(Nc2nccc3cc(CN4CC[C@@H](C(=O)O)C4)cnc23)cccc1-c1cccc(-c2nc3cc(CO)cc(Cl)c3o2)c1C. The molecule has 0 spiro atoms. The molecule has 10 heteroatoms. The second kappa shape index (κ2) is 12.2. The van der Waals surface area contributed by atoms with Crippen LogP contribution in [0.2, 0.25) is 5.02 Å². The lowest BCUT2D eigenvalue weighted by Gasteiger charge is -2.17. The van der Waals surface area contributed by atoms with Crippen molar-refractivity contribution in [1.29, 1.82) is 0 Å². The Kier molecular flexibility index (Phi) is 7.90. The number of hydrogen-bond donors (Lipinski definition) is 3. The molecule has 6 aromatic rings. The molecule has 0 aliphatic carbocycles. The second-order valence-corrected chi connectivity index (χ2v) is 12.2. The molecular weight excluding hydrogens is 602 g/mol. The highest BCUT2D eigenvalue weighted by Gasteiger charge is 2.28. The minimum absolute atomic E-state index is 0.128. The standard InChI is InChI=1S/C36H32ClN5O4/c1-20-26(5-3-7-28(20)35-41-31-15-22(19-43)14-29(37)33(31)46-35)27-6-4-8-30(21(27)2)40-34-32-24(9-11-38-34)13-23(16-39-32)17-42-12-10-25(18-42)36(44)45/h3-9,11,13-16,25,43H,10,12,17-19H2,1-2H3,(H,38,40)(H,44,45)/t25-/m1/s1. The Morgan fingerprint density at radius 2 is 1.80 bits per heavy atom. The number of nitrogens with zero attached hydrogens (tertiary/aromatic N) is 4. The number of halogens is 1. The Morgan fingerprint density at radius 1 is 1.02 bits per heavy atom. The van der Waals surface area contributed by atoms with Crippen molar-refractivity contribution >= 4 is 51.1 Å². The molecule has 3 N–H and O–H groups in total. The largest absolute Gasteiger partial charge is 0.481 e. The number of oxazole rings is 1. The Bertz CT molecular complexity index is 2130. The van der Waals surface area contributed by atoms with Crippen LogP contribution in [0.4, 0.5) is 11.5 Å². The Morgan fingerprint density at radius 3 is 2.59 bits per heavy atom. The maximum Gasteiger partial charge on any atom is 0.307 e. The van der Waals surface area contributed by atoms with Crippen LogP contribution in [-0.2, 0) is 17.9 Å². The zero-order valence-electron chi connectivity index (χ0n) is 25.4. The van der Waals surface area contributed by atoms with Gasteiger partial charge in [0.2, 0.25) is 5.89 Å². The fourth-order valence-electron chi connectivity index (χ4n) is 6.32. The number of hydrogen-bond acceptors (Lipinski definition) is 8. The number of aliphatic hydroxyl groups is 1. The summed E-state index contributed by atoms with van der Waals surface area (Å²) in [6, 6.07) is 19.7. The molecule has 232 valence electrons. The number of carbonyl (C=O) groups is 1. The van der Waals surface area contributed by atoms with E-state index in [1.54, 1.807) is 18.3 Å². The molecule has 3 aromatic carbocycles. The third-order valence-corrected chi connectivity index (χ3v) is 9.09. The highest BCUT2D eigenvalue weighted by molar-refractivity contribution is 6.34. The summed E-state index contributed by atoms with van der Waals surface area (Å²) in [5.74, 6) is 0.0953. The molecule has 0 unspecified atom stereocenters. The third kappa shape index (κ3) is 5.58. The van der Waals surface area contributed by atoms with Crippen LogP contribution in [-0.4, -0.2) is 49.1 Å². The van der Waals surface area contributed by atoms with Gasteiger partial charge in [0.1, 0.15) is 11.0 Å². The van der Waals surface area contributed by atoms with Gasteiger partial charge in [-0.3, -0.25) is 14.7 Å². The summed E-state index contributed by atoms with van der Waals surface area (Å²) in [7, 11) is 0. The maximum absolute atomic E-state index is 11.4. The molecule has 1 atom stereocenters. The predicted molar refractivity (Wildman–Crippen MR) is 179 cm³/mol. The summed E-state index contributed by atoms with van der Waals surface area (Å²) < 4.78 is 6.11. The number of aromatic nitrogens is 3. The highest BCUT2D eigenvalue weighted by atomic mass is 35.5. The van der Waals surface area contributed by atoms with Crippen LogP contribution in [0.5, 0.6) is 0 Å². The molecule has 1 aliphatic rings. The van der Waals surface area contributed by atoms with Crippen molar-refractivity contribution in [2.45, 2.75) is 33.4 Å². The summed E-state index contributed by atoms with van der Waals surface area (Å²) in [4.78, 5) is 27.6.